The molecule has 2 heterocycles. The number of para-hydroxylation sites is 2. The van der Waals surface area contributed by atoms with Gasteiger partial charge >= 0.3 is 5.97 Å². The number of rotatable bonds is 6. The van der Waals surface area contributed by atoms with Crippen LogP contribution in [0.15, 0.2) is 78.9 Å². The number of carbonyl (C=O) groups is 2. The summed E-state index contributed by atoms with van der Waals surface area (Å²) in [5.74, 6) is -0.559. The number of fused-ring (bicyclic) bond motifs is 1. The number of esters is 1. The zero-order valence-corrected chi connectivity index (χ0v) is 20.2. The van der Waals surface area contributed by atoms with Crippen molar-refractivity contribution in [3.05, 3.63) is 113 Å². The first-order chi connectivity index (χ1) is 17.3. The standard InChI is InChI=1S/C29H24FN3O3/c1-18-15-23(19(2)32(18)26-12-8-7-11-24(26)30)28(34)17-36-29(35)21-13-14-27-25(16-21)31-20(3)33(27)22-9-5-4-6-10-22/h4-16H,17H2,1-3H3. The van der Waals surface area contributed by atoms with E-state index >= 15 is 0 Å². The molecule has 0 spiro atoms. The van der Waals surface area contributed by atoms with Crippen LogP contribution in [0.25, 0.3) is 22.4 Å². The van der Waals surface area contributed by atoms with Crippen LogP contribution in [0.3, 0.4) is 0 Å². The summed E-state index contributed by atoms with van der Waals surface area (Å²) < 4.78 is 23.4. The van der Waals surface area contributed by atoms with Gasteiger partial charge in [-0.3, -0.25) is 9.36 Å². The fourth-order valence-corrected chi connectivity index (χ4v) is 4.57. The number of ketones is 1. The lowest BCUT2D eigenvalue weighted by Crippen LogP contribution is -2.15. The molecule has 180 valence electrons. The van der Waals surface area contributed by atoms with E-state index in [4.69, 9.17) is 4.74 Å². The second-order valence-corrected chi connectivity index (χ2v) is 8.60. The van der Waals surface area contributed by atoms with Gasteiger partial charge in [0.05, 0.1) is 22.3 Å². The maximum absolute atomic E-state index is 14.3. The number of hydrogen-bond acceptors (Lipinski definition) is 4. The second-order valence-electron chi connectivity index (χ2n) is 8.60. The molecule has 0 saturated carbocycles. The molecule has 0 unspecified atom stereocenters. The van der Waals surface area contributed by atoms with Crippen LogP contribution in [0.1, 0.15) is 37.9 Å². The van der Waals surface area contributed by atoms with Crippen molar-refractivity contribution in [2.75, 3.05) is 6.61 Å². The summed E-state index contributed by atoms with van der Waals surface area (Å²) in [6.45, 7) is 5.03. The molecular formula is C29H24FN3O3. The number of aryl methyl sites for hydroxylation is 2. The first-order valence-corrected chi connectivity index (χ1v) is 11.5. The van der Waals surface area contributed by atoms with E-state index in [1.165, 1.54) is 6.07 Å². The Hall–Kier alpha value is -4.52. The molecule has 36 heavy (non-hydrogen) atoms. The molecule has 0 bridgehead atoms. The van der Waals surface area contributed by atoms with Crippen molar-refractivity contribution >= 4 is 22.8 Å². The number of benzene rings is 3. The summed E-state index contributed by atoms with van der Waals surface area (Å²) >= 11 is 0. The first-order valence-electron chi connectivity index (χ1n) is 11.5. The fourth-order valence-electron chi connectivity index (χ4n) is 4.57. The Bertz CT molecular complexity index is 1620. The predicted molar refractivity (Wildman–Crippen MR) is 136 cm³/mol. The molecule has 6 nitrogen and oxygen atoms in total. The van der Waals surface area contributed by atoms with E-state index in [1.807, 2.05) is 47.9 Å². The second kappa shape index (κ2) is 9.26. The largest absolute Gasteiger partial charge is 0.454 e. The van der Waals surface area contributed by atoms with Crippen molar-refractivity contribution in [1.29, 1.82) is 0 Å². The van der Waals surface area contributed by atoms with Crippen molar-refractivity contribution in [2.24, 2.45) is 0 Å². The summed E-state index contributed by atoms with van der Waals surface area (Å²) in [6, 6.07) is 23.1. The molecule has 3 aromatic carbocycles. The molecule has 0 aliphatic rings. The lowest BCUT2D eigenvalue weighted by atomic mass is 10.1. The van der Waals surface area contributed by atoms with E-state index in [2.05, 4.69) is 4.98 Å². The molecule has 0 amide bonds. The first kappa shape index (κ1) is 23.2. The quantitative estimate of drug-likeness (QED) is 0.223. The number of halogens is 1. The third-order valence-corrected chi connectivity index (χ3v) is 6.23. The number of carbonyl (C=O) groups excluding carboxylic acids is 2. The zero-order valence-electron chi connectivity index (χ0n) is 20.2. The van der Waals surface area contributed by atoms with E-state index < -0.39 is 12.6 Å². The molecule has 0 radical (unpaired) electrons. The molecule has 7 heteroatoms. The highest BCUT2D eigenvalue weighted by Gasteiger charge is 2.20. The minimum Gasteiger partial charge on any atom is -0.454 e. The number of imidazole rings is 1. The minimum atomic E-state index is -0.611. The maximum atomic E-state index is 14.3. The fraction of sp³-hybridized carbons (Fsp3) is 0.138. The van der Waals surface area contributed by atoms with Crippen LogP contribution in [0.4, 0.5) is 4.39 Å². The molecule has 0 atom stereocenters. The average molecular weight is 482 g/mol. The molecule has 0 fully saturated rings. The van der Waals surface area contributed by atoms with Crippen LogP contribution in [-0.4, -0.2) is 32.5 Å². The van der Waals surface area contributed by atoms with E-state index in [9.17, 15) is 14.0 Å². The molecule has 2 aromatic heterocycles. The summed E-state index contributed by atoms with van der Waals surface area (Å²) in [6.07, 6.45) is 0. The van der Waals surface area contributed by atoms with Gasteiger partial charge in [0, 0.05) is 22.6 Å². The van der Waals surface area contributed by atoms with Crippen molar-refractivity contribution in [2.45, 2.75) is 20.8 Å². The van der Waals surface area contributed by atoms with Gasteiger partial charge in [0.1, 0.15) is 11.6 Å². The average Bonchev–Trinajstić information content (AvgIpc) is 3.37. The number of Topliss-reactive ketones (excluding diaryl/α,β-unsaturated/α-hetero) is 1. The Labute approximate surface area is 207 Å². The van der Waals surface area contributed by atoms with E-state index in [0.29, 0.717) is 33.7 Å². The zero-order chi connectivity index (χ0) is 25.4. The van der Waals surface area contributed by atoms with Crippen molar-refractivity contribution < 1.29 is 18.7 Å². The summed E-state index contributed by atoms with van der Waals surface area (Å²) in [7, 11) is 0. The van der Waals surface area contributed by atoms with Crippen LogP contribution in [0.2, 0.25) is 0 Å². The normalized spacial score (nSPS) is 11.1. The highest BCUT2D eigenvalue weighted by molar-refractivity contribution is 6.01. The third-order valence-electron chi connectivity index (χ3n) is 6.23. The van der Waals surface area contributed by atoms with Crippen molar-refractivity contribution in [3.63, 3.8) is 0 Å². The monoisotopic (exact) mass is 481 g/mol. The van der Waals surface area contributed by atoms with Crippen molar-refractivity contribution in [1.82, 2.24) is 14.1 Å². The lowest BCUT2D eigenvalue weighted by molar-refractivity contribution is 0.0474. The van der Waals surface area contributed by atoms with Gasteiger partial charge in [-0.1, -0.05) is 30.3 Å². The van der Waals surface area contributed by atoms with Crippen LogP contribution in [0, 0.1) is 26.6 Å². The smallest absolute Gasteiger partial charge is 0.338 e. The van der Waals surface area contributed by atoms with Crippen LogP contribution < -0.4 is 0 Å². The Morgan fingerprint density at radius 1 is 0.889 bits per heavy atom. The third kappa shape index (κ3) is 4.09. The summed E-state index contributed by atoms with van der Waals surface area (Å²) in [5, 5.41) is 0. The Kier molecular flexibility index (Phi) is 5.98. The summed E-state index contributed by atoms with van der Waals surface area (Å²) in [4.78, 5) is 30.2. The number of aromatic nitrogens is 3. The van der Waals surface area contributed by atoms with E-state index in [-0.39, 0.29) is 11.6 Å². The van der Waals surface area contributed by atoms with Gasteiger partial charge in [-0.25, -0.2) is 14.2 Å². The molecule has 0 saturated heterocycles. The van der Waals surface area contributed by atoms with Crippen molar-refractivity contribution in [3.8, 4) is 11.4 Å². The van der Waals surface area contributed by atoms with Gasteiger partial charge in [-0.05, 0) is 69.3 Å². The summed E-state index contributed by atoms with van der Waals surface area (Å²) in [5.41, 5.74) is 4.86. The maximum Gasteiger partial charge on any atom is 0.338 e. The Morgan fingerprint density at radius 2 is 1.61 bits per heavy atom. The van der Waals surface area contributed by atoms with E-state index in [0.717, 1.165) is 17.0 Å². The van der Waals surface area contributed by atoms with Crippen LogP contribution in [0.5, 0.6) is 0 Å². The molecule has 5 rings (SSSR count). The van der Waals surface area contributed by atoms with Gasteiger partial charge in [-0.2, -0.15) is 0 Å². The molecule has 0 N–H and O–H groups in total. The molecule has 5 aromatic rings. The minimum absolute atomic E-state index is 0.310. The number of hydrogen-bond donors (Lipinski definition) is 0. The number of nitrogens with zero attached hydrogens (tertiary/aromatic N) is 3. The SMILES string of the molecule is Cc1cc(C(=O)COC(=O)c2ccc3c(c2)nc(C)n3-c2ccccc2)c(C)n1-c1ccccc1F. The highest BCUT2D eigenvalue weighted by atomic mass is 19.1. The van der Waals surface area contributed by atoms with Gasteiger partial charge in [0.25, 0.3) is 0 Å². The lowest BCUT2D eigenvalue weighted by Gasteiger charge is -2.11. The Morgan fingerprint density at radius 3 is 2.36 bits per heavy atom. The Balaban J connectivity index is 1.34. The molecular weight excluding hydrogens is 457 g/mol. The molecule has 0 aliphatic carbocycles. The van der Waals surface area contributed by atoms with Gasteiger partial charge < -0.3 is 9.30 Å². The van der Waals surface area contributed by atoms with Crippen LogP contribution >= 0.6 is 0 Å². The van der Waals surface area contributed by atoms with E-state index in [1.54, 1.807) is 54.8 Å². The topological polar surface area (TPSA) is 66.1 Å². The van der Waals surface area contributed by atoms with Crippen LogP contribution in [-0.2, 0) is 4.74 Å². The van der Waals surface area contributed by atoms with Gasteiger partial charge in [-0.15, -0.1) is 0 Å². The van der Waals surface area contributed by atoms with Gasteiger partial charge in [0.15, 0.2) is 6.61 Å². The predicted octanol–water partition coefficient (Wildman–Crippen LogP) is 5.92. The van der Waals surface area contributed by atoms with Gasteiger partial charge in [0.2, 0.25) is 5.78 Å². The molecule has 0 aliphatic heterocycles. The highest BCUT2D eigenvalue weighted by Crippen LogP contribution is 2.24. The number of ether oxygens (including phenoxy) is 1.